The first-order chi connectivity index (χ1) is 14.6. The molecule has 0 atom stereocenters. The van der Waals surface area contributed by atoms with Crippen LogP contribution in [-0.2, 0) is 35.1 Å². The molecule has 0 aromatic heterocycles. The standard InChI is InChI=1S/C18H12O11S3/c1-8(19)29-13-7-3-9-2-4-11-15-12(6-5-10(13)14(9)15)17(31(23,24)25)18(32(26,27)28)16(11)30(20,21)22/h2-7H,1H3,(H,20,21,22)(H,23,24,25)(H,26,27,28). The highest BCUT2D eigenvalue weighted by Gasteiger charge is 2.37. The number of hydrogen-bond acceptors (Lipinski definition) is 8. The first-order valence-corrected chi connectivity index (χ1v) is 12.8. The van der Waals surface area contributed by atoms with Gasteiger partial charge < -0.3 is 4.74 Å². The van der Waals surface area contributed by atoms with Crippen LogP contribution in [0.5, 0.6) is 5.75 Å². The van der Waals surface area contributed by atoms with E-state index in [-0.39, 0.29) is 21.9 Å². The molecule has 168 valence electrons. The molecule has 0 saturated carbocycles. The van der Waals surface area contributed by atoms with Crippen LogP contribution in [0.15, 0.2) is 51.1 Å². The van der Waals surface area contributed by atoms with Crippen molar-refractivity contribution in [1.82, 2.24) is 0 Å². The summed E-state index contributed by atoms with van der Waals surface area (Å²) >= 11 is 0. The summed E-state index contributed by atoms with van der Waals surface area (Å²) in [6.45, 7) is 1.14. The molecular weight excluding hydrogens is 488 g/mol. The van der Waals surface area contributed by atoms with E-state index in [1.165, 1.54) is 24.3 Å². The Morgan fingerprint density at radius 3 is 1.56 bits per heavy atom. The Kier molecular flexibility index (Phi) is 4.75. The van der Waals surface area contributed by atoms with Crippen LogP contribution in [0.4, 0.5) is 0 Å². The normalized spacial score (nSPS) is 13.2. The van der Waals surface area contributed by atoms with Gasteiger partial charge in [-0.05, 0) is 17.5 Å². The van der Waals surface area contributed by atoms with Gasteiger partial charge in [0.1, 0.15) is 20.4 Å². The molecule has 0 aliphatic rings. The van der Waals surface area contributed by atoms with Crippen molar-refractivity contribution >= 4 is 68.6 Å². The van der Waals surface area contributed by atoms with E-state index < -0.39 is 61.8 Å². The Bertz CT molecular complexity index is 1730. The largest absolute Gasteiger partial charge is 0.426 e. The summed E-state index contributed by atoms with van der Waals surface area (Å²) in [5, 5.41) is -0.243. The van der Waals surface area contributed by atoms with E-state index in [9.17, 15) is 43.7 Å². The second kappa shape index (κ2) is 6.81. The van der Waals surface area contributed by atoms with Crippen molar-refractivity contribution in [2.45, 2.75) is 21.6 Å². The first-order valence-electron chi connectivity index (χ1n) is 8.50. The van der Waals surface area contributed by atoms with Gasteiger partial charge in [0.2, 0.25) is 0 Å². The van der Waals surface area contributed by atoms with Crippen molar-refractivity contribution in [2.24, 2.45) is 0 Å². The fraction of sp³-hybridized carbons (Fsp3) is 0.0556. The van der Waals surface area contributed by atoms with E-state index in [2.05, 4.69) is 0 Å². The molecule has 0 aliphatic heterocycles. The van der Waals surface area contributed by atoms with E-state index in [1.54, 1.807) is 0 Å². The van der Waals surface area contributed by atoms with Gasteiger partial charge in [0.25, 0.3) is 30.4 Å². The maximum atomic E-state index is 12.2. The molecule has 4 aromatic rings. The average Bonchev–Trinajstić information content (AvgIpc) is 2.63. The molecule has 0 spiro atoms. The molecule has 14 heteroatoms. The predicted octanol–water partition coefficient (Wildman–Crippen LogP) is 2.25. The number of carbonyl (C=O) groups is 1. The van der Waals surface area contributed by atoms with Gasteiger partial charge in [0, 0.05) is 33.9 Å². The molecule has 4 aromatic carbocycles. The lowest BCUT2D eigenvalue weighted by Gasteiger charge is -2.19. The molecule has 11 nitrogen and oxygen atoms in total. The van der Waals surface area contributed by atoms with Gasteiger partial charge in [-0.1, -0.05) is 24.3 Å². The number of hydrogen-bond donors (Lipinski definition) is 3. The van der Waals surface area contributed by atoms with Crippen LogP contribution in [0, 0.1) is 0 Å². The van der Waals surface area contributed by atoms with Gasteiger partial charge in [-0.3, -0.25) is 18.5 Å². The fourth-order valence-corrected chi connectivity index (χ4v) is 7.42. The first kappa shape index (κ1) is 22.3. The summed E-state index contributed by atoms with van der Waals surface area (Å²) in [6, 6.07) is 7.73. The molecule has 0 heterocycles. The maximum absolute atomic E-state index is 12.2. The number of esters is 1. The lowest BCUT2D eigenvalue weighted by molar-refractivity contribution is -0.131. The van der Waals surface area contributed by atoms with Crippen LogP contribution in [0.2, 0.25) is 0 Å². The SMILES string of the molecule is CC(=O)Oc1ccc2ccc3c(S(=O)(=O)O)c(S(=O)(=O)O)c(S(=O)(=O)O)c4ccc1c2c34. The molecular formula is C18H12O11S3. The van der Waals surface area contributed by atoms with Crippen molar-refractivity contribution < 1.29 is 48.4 Å². The second-order valence-corrected chi connectivity index (χ2v) is 10.9. The predicted molar refractivity (Wildman–Crippen MR) is 111 cm³/mol. The second-order valence-electron chi connectivity index (χ2n) is 6.82. The minimum atomic E-state index is -5.59. The third-order valence-electron chi connectivity index (χ3n) is 4.80. The molecule has 0 radical (unpaired) electrons. The van der Waals surface area contributed by atoms with Crippen LogP contribution < -0.4 is 4.74 Å². The van der Waals surface area contributed by atoms with E-state index >= 15 is 0 Å². The molecule has 0 amide bonds. The summed E-state index contributed by atoms with van der Waals surface area (Å²) in [4.78, 5) is 6.92. The molecule has 4 rings (SSSR count). The van der Waals surface area contributed by atoms with Crippen molar-refractivity contribution in [1.29, 1.82) is 0 Å². The van der Waals surface area contributed by atoms with Gasteiger partial charge in [0.05, 0.1) is 0 Å². The number of rotatable bonds is 4. The minimum Gasteiger partial charge on any atom is -0.426 e. The van der Waals surface area contributed by atoms with Crippen LogP contribution >= 0.6 is 0 Å². The van der Waals surface area contributed by atoms with Crippen LogP contribution in [0.25, 0.3) is 32.3 Å². The third kappa shape index (κ3) is 3.37. The zero-order chi connectivity index (χ0) is 23.8. The monoisotopic (exact) mass is 500 g/mol. The van der Waals surface area contributed by atoms with Gasteiger partial charge in [-0.25, -0.2) is 0 Å². The summed E-state index contributed by atoms with van der Waals surface area (Å²) in [5.41, 5.74) is 0. The van der Waals surface area contributed by atoms with E-state index in [0.717, 1.165) is 19.1 Å². The zero-order valence-corrected chi connectivity index (χ0v) is 18.2. The molecule has 0 saturated heterocycles. The molecule has 0 bridgehead atoms. The molecule has 0 unspecified atom stereocenters. The molecule has 32 heavy (non-hydrogen) atoms. The van der Waals surface area contributed by atoms with Gasteiger partial charge in [0.15, 0.2) is 0 Å². The Labute approximate surface area is 180 Å². The highest BCUT2D eigenvalue weighted by Crippen LogP contribution is 2.46. The zero-order valence-electron chi connectivity index (χ0n) is 15.8. The van der Waals surface area contributed by atoms with Crippen molar-refractivity contribution in [3.63, 3.8) is 0 Å². The lowest BCUT2D eigenvalue weighted by Crippen LogP contribution is -2.16. The topological polar surface area (TPSA) is 189 Å². The Hall–Kier alpha value is -2.88. The third-order valence-corrected chi connectivity index (χ3v) is 7.86. The van der Waals surface area contributed by atoms with Crippen molar-refractivity contribution in [2.75, 3.05) is 0 Å². The number of ether oxygens (including phenoxy) is 1. The van der Waals surface area contributed by atoms with Gasteiger partial charge >= 0.3 is 5.97 Å². The fourth-order valence-electron chi connectivity index (χ4n) is 3.84. The average molecular weight is 500 g/mol. The van der Waals surface area contributed by atoms with E-state index in [4.69, 9.17) is 4.74 Å². The Morgan fingerprint density at radius 1 is 0.656 bits per heavy atom. The van der Waals surface area contributed by atoms with Gasteiger partial charge in [-0.2, -0.15) is 25.3 Å². The van der Waals surface area contributed by atoms with E-state index in [0.29, 0.717) is 5.39 Å². The molecule has 0 aliphatic carbocycles. The highest BCUT2D eigenvalue weighted by atomic mass is 32.2. The lowest BCUT2D eigenvalue weighted by atomic mass is 9.94. The summed E-state index contributed by atoms with van der Waals surface area (Å²) in [7, 11) is -16.5. The number of benzene rings is 4. The van der Waals surface area contributed by atoms with Gasteiger partial charge in [-0.15, -0.1) is 0 Å². The van der Waals surface area contributed by atoms with Crippen LogP contribution in [0.3, 0.4) is 0 Å². The van der Waals surface area contributed by atoms with Crippen LogP contribution in [0.1, 0.15) is 6.92 Å². The van der Waals surface area contributed by atoms with E-state index in [1.807, 2.05) is 0 Å². The maximum Gasteiger partial charge on any atom is 0.308 e. The Balaban J connectivity index is 2.46. The quantitative estimate of drug-likeness (QED) is 0.161. The number of carbonyl (C=O) groups excluding carboxylic acids is 1. The van der Waals surface area contributed by atoms with Crippen molar-refractivity contribution in [3.05, 3.63) is 36.4 Å². The molecule has 0 fully saturated rings. The van der Waals surface area contributed by atoms with Crippen LogP contribution in [-0.4, -0.2) is 44.9 Å². The summed E-state index contributed by atoms with van der Waals surface area (Å²) in [5.74, 6) is -0.633. The minimum absolute atomic E-state index is 0.0417. The summed E-state index contributed by atoms with van der Waals surface area (Å²) in [6.07, 6.45) is 0. The summed E-state index contributed by atoms with van der Waals surface area (Å²) < 4.78 is 107. The Morgan fingerprint density at radius 2 is 1.09 bits per heavy atom. The molecule has 3 N–H and O–H groups in total. The smallest absolute Gasteiger partial charge is 0.308 e. The highest BCUT2D eigenvalue weighted by molar-refractivity contribution is 7.90. The van der Waals surface area contributed by atoms with Crippen molar-refractivity contribution in [3.8, 4) is 5.75 Å².